The maximum absolute atomic E-state index is 12.1. The molecule has 0 saturated carbocycles. The molecular weight excluding hydrogens is 306 g/mol. The molecule has 0 aromatic heterocycles. The summed E-state index contributed by atoms with van der Waals surface area (Å²) < 4.78 is 50.9. The summed E-state index contributed by atoms with van der Waals surface area (Å²) in [5.41, 5.74) is 0.270. The number of carbonyl (C=O) groups excluding carboxylic acids is 1. The third-order valence-corrected chi connectivity index (χ3v) is 4.65. The first-order chi connectivity index (χ1) is 9.84. The highest BCUT2D eigenvalue weighted by Crippen LogP contribution is 2.19. The Morgan fingerprint density at radius 2 is 2.14 bits per heavy atom. The van der Waals surface area contributed by atoms with Crippen LogP contribution in [0.2, 0.25) is 0 Å². The van der Waals surface area contributed by atoms with Gasteiger partial charge >= 0.3 is 12.6 Å². The number of ether oxygens (including phenoxy) is 1. The molecule has 21 heavy (non-hydrogen) atoms. The number of hydrogen-bond donors (Lipinski definition) is 2. The summed E-state index contributed by atoms with van der Waals surface area (Å²) in [6.45, 7) is -2.95. The van der Waals surface area contributed by atoms with E-state index >= 15 is 0 Å². The molecular formula is C12H14F2N2O4S. The van der Waals surface area contributed by atoms with E-state index < -0.39 is 28.5 Å². The van der Waals surface area contributed by atoms with Crippen molar-refractivity contribution in [2.45, 2.75) is 19.1 Å². The van der Waals surface area contributed by atoms with Crippen LogP contribution in [0, 0.1) is 0 Å². The molecule has 1 aliphatic heterocycles. The van der Waals surface area contributed by atoms with Gasteiger partial charge in [0.05, 0.1) is 11.5 Å². The highest BCUT2D eigenvalue weighted by atomic mass is 32.2. The maximum atomic E-state index is 12.1. The van der Waals surface area contributed by atoms with Crippen LogP contribution in [0.5, 0.6) is 5.75 Å². The number of nitrogens with one attached hydrogen (secondary N) is 2. The highest BCUT2D eigenvalue weighted by molar-refractivity contribution is 7.91. The second-order valence-corrected chi connectivity index (χ2v) is 6.83. The fourth-order valence-electron chi connectivity index (χ4n) is 2.01. The predicted molar refractivity (Wildman–Crippen MR) is 72.3 cm³/mol. The van der Waals surface area contributed by atoms with Crippen molar-refractivity contribution in [3.8, 4) is 5.75 Å². The molecule has 0 spiro atoms. The van der Waals surface area contributed by atoms with Crippen LogP contribution in [0.15, 0.2) is 24.3 Å². The number of anilines is 1. The molecule has 1 aromatic rings. The molecule has 9 heteroatoms. The number of carbonyl (C=O) groups is 1. The first kappa shape index (κ1) is 15.5. The number of sulfone groups is 1. The van der Waals surface area contributed by atoms with Crippen molar-refractivity contribution < 1.29 is 26.7 Å². The topological polar surface area (TPSA) is 84.5 Å². The van der Waals surface area contributed by atoms with Crippen LogP contribution < -0.4 is 15.4 Å². The highest BCUT2D eigenvalue weighted by Gasteiger charge is 2.28. The molecule has 1 unspecified atom stereocenters. The molecule has 1 aliphatic rings. The summed E-state index contributed by atoms with van der Waals surface area (Å²) in [6.07, 6.45) is 0.365. The van der Waals surface area contributed by atoms with E-state index in [1.165, 1.54) is 24.3 Å². The summed E-state index contributed by atoms with van der Waals surface area (Å²) in [7, 11) is -3.08. The van der Waals surface area contributed by atoms with Gasteiger partial charge in [0.1, 0.15) is 5.75 Å². The van der Waals surface area contributed by atoms with E-state index in [2.05, 4.69) is 15.4 Å². The van der Waals surface area contributed by atoms with Crippen LogP contribution in [0.4, 0.5) is 19.3 Å². The lowest BCUT2D eigenvalue weighted by atomic mass is 10.2. The first-order valence-corrected chi connectivity index (χ1v) is 7.99. The van der Waals surface area contributed by atoms with E-state index in [1.54, 1.807) is 0 Å². The normalized spacial score (nSPS) is 20.2. The van der Waals surface area contributed by atoms with E-state index in [1.807, 2.05) is 0 Å². The Morgan fingerprint density at radius 3 is 2.76 bits per heavy atom. The zero-order valence-electron chi connectivity index (χ0n) is 10.9. The van der Waals surface area contributed by atoms with Crippen molar-refractivity contribution >= 4 is 21.6 Å². The number of amides is 2. The summed E-state index contributed by atoms with van der Waals surface area (Å²) in [5, 5.41) is 4.97. The fourth-order valence-corrected chi connectivity index (χ4v) is 3.68. The van der Waals surface area contributed by atoms with Crippen LogP contribution in [-0.2, 0) is 9.84 Å². The molecule has 1 heterocycles. The van der Waals surface area contributed by atoms with Crippen LogP contribution in [0.25, 0.3) is 0 Å². The molecule has 0 radical (unpaired) electrons. The molecule has 2 rings (SSSR count). The van der Waals surface area contributed by atoms with Crippen LogP contribution >= 0.6 is 0 Å². The first-order valence-electron chi connectivity index (χ1n) is 6.17. The number of urea groups is 1. The minimum atomic E-state index is -3.08. The van der Waals surface area contributed by atoms with Gasteiger partial charge in [0.25, 0.3) is 0 Å². The molecule has 1 aromatic carbocycles. The monoisotopic (exact) mass is 320 g/mol. The minimum absolute atomic E-state index is 0.0513. The molecule has 2 N–H and O–H groups in total. The average Bonchev–Trinajstić information content (AvgIpc) is 2.67. The zero-order valence-corrected chi connectivity index (χ0v) is 11.7. The van der Waals surface area contributed by atoms with Gasteiger partial charge in [-0.05, 0) is 18.6 Å². The minimum Gasteiger partial charge on any atom is -0.435 e. The quantitative estimate of drug-likeness (QED) is 0.882. The lowest BCUT2D eigenvalue weighted by Crippen LogP contribution is -2.38. The molecule has 1 atom stereocenters. The Hall–Kier alpha value is -1.90. The zero-order chi connectivity index (χ0) is 15.5. The van der Waals surface area contributed by atoms with Gasteiger partial charge in [0, 0.05) is 17.8 Å². The SMILES string of the molecule is O=C(Nc1cccc(OC(F)F)c1)NC1CCS(=O)(=O)C1. The van der Waals surface area contributed by atoms with Gasteiger partial charge in [-0.1, -0.05) is 6.07 Å². The maximum Gasteiger partial charge on any atom is 0.387 e. The molecule has 116 valence electrons. The lowest BCUT2D eigenvalue weighted by Gasteiger charge is -2.12. The van der Waals surface area contributed by atoms with Crippen LogP contribution in [0.1, 0.15) is 6.42 Å². The molecule has 0 aliphatic carbocycles. The van der Waals surface area contributed by atoms with Gasteiger partial charge in [0.2, 0.25) is 0 Å². The second kappa shape index (κ2) is 6.25. The molecule has 1 fully saturated rings. The van der Waals surface area contributed by atoms with Gasteiger partial charge in [-0.15, -0.1) is 0 Å². The van der Waals surface area contributed by atoms with Crippen molar-refractivity contribution in [1.29, 1.82) is 0 Å². The Morgan fingerprint density at radius 1 is 1.38 bits per heavy atom. The molecule has 0 bridgehead atoms. The van der Waals surface area contributed by atoms with Crippen molar-refractivity contribution in [1.82, 2.24) is 5.32 Å². The fraction of sp³-hybridized carbons (Fsp3) is 0.417. The number of benzene rings is 1. The van der Waals surface area contributed by atoms with E-state index in [9.17, 15) is 22.0 Å². The smallest absolute Gasteiger partial charge is 0.387 e. The van der Waals surface area contributed by atoms with Crippen molar-refractivity contribution in [2.24, 2.45) is 0 Å². The van der Waals surface area contributed by atoms with Crippen LogP contribution in [0.3, 0.4) is 0 Å². The van der Waals surface area contributed by atoms with E-state index in [0.29, 0.717) is 6.42 Å². The summed E-state index contributed by atoms with van der Waals surface area (Å²) in [4.78, 5) is 11.7. The van der Waals surface area contributed by atoms with Gasteiger partial charge in [-0.2, -0.15) is 8.78 Å². The van der Waals surface area contributed by atoms with Gasteiger partial charge in [-0.3, -0.25) is 0 Å². The van der Waals surface area contributed by atoms with Crippen molar-refractivity contribution in [3.63, 3.8) is 0 Å². The van der Waals surface area contributed by atoms with Gasteiger partial charge in [0.15, 0.2) is 9.84 Å². The number of halogens is 2. The Bertz CT molecular complexity index is 621. The van der Waals surface area contributed by atoms with E-state index in [4.69, 9.17) is 0 Å². The number of alkyl halides is 2. The number of hydrogen-bond acceptors (Lipinski definition) is 4. The lowest BCUT2D eigenvalue weighted by molar-refractivity contribution is -0.0497. The van der Waals surface area contributed by atoms with Crippen molar-refractivity contribution in [2.75, 3.05) is 16.8 Å². The van der Waals surface area contributed by atoms with Crippen molar-refractivity contribution in [3.05, 3.63) is 24.3 Å². The Labute approximate surface area is 120 Å². The summed E-state index contributed by atoms with van der Waals surface area (Å²) >= 11 is 0. The Kier molecular flexibility index (Phi) is 4.61. The Balaban J connectivity index is 1.91. The van der Waals surface area contributed by atoms with Gasteiger partial charge < -0.3 is 15.4 Å². The average molecular weight is 320 g/mol. The van der Waals surface area contributed by atoms with E-state index in [-0.39, 0.29) is 22.9 Å². The predicted octanol–water partition coefficient (Wildman–Crippen LogP) is 1.60. The third-order valence-electron chi connectivity index (χ3n) is 2.88. The molecule has 6 nitrogen and oxygen atoms in total. The molecule has 1 saturated heterocycles. The summed E-state index contributed by atoms with van der Waals surface area (Å²) in [6, 6.07) is 4.51. The standard InChI is InChI=1S/C12H14F2N2O4S/c13-11(14)20-10-3-1-2-8(6-10)15-12(17)16-9-4-5-21(18,19)7-9/h1-3,6,9,11H,4-5,7H2,(H2,15,16,17). The number of rotatable bonds is 4. The third kappa shape index (κ3) is 4.85. The van der Waals surface area contributed by atoms with Gasteiger partial charge in [-0.25, -0.2) is 13.2 Å². The van der Waals surface area contributed by atoms with E-state index in [0.717, 1.165) is 0 Å². The summed E-state index contributed by atoms with van der Waals surface area (Å²) in [5.74, 6) is -0.115. The molecule has 2 amide bonds. The second-order valence-electron chi connectivity index (χ2n) is 4.60. The largest absolute Gasteiger partial charge is 0.435 e. The van der Waals surface area contributed by atoms with Crippen LogP contribution in [-0.4, -0.2) is 38.6 Å².